The van der Waals surface area contributed by atoms with Gasteiger partial charge in [-0.1, -0.05) is 29.8 Å². The first kappa shape index (κ1) is 20.2. The molecule has 1 N–H and O–H groups in total. The molecule has 160 valence electrons. The van der Waals surface area contributed by atoms with Gasteiger partial charge in [-0.05, 0) is 43.2 Å². The molecule has 3 aromatic heterocycles. The van der Waals surface area contributed by atoms with E-state index >= 15 is 0 Å². The van der Waals surface area contributed by atoms with Crippen LogP contribution in [0.4, 0.5) is 4.39 Å². The molecule has 1 amide bonds. The second-order valence-electron chi connectivity index (χ2n) is 7.45. The average Bonchev–Trinajstić information content (AvgIpc) is 3.21. The van der Waals surface area contributed by atoms with Gasteiger partial charge in [0.1, 0.15) is 23.5 Å². The van der Waals surface area contributed by atoms with E-state index in [-0.39, 0.29) is 17.7 Å². The molecule has 1 saturated carbocycles. The van der Waals surface area contributed by atoms with Crippen LogP contribution >= 0.6 is 11.6 Å². The van der Waals surface area contributed by atoms with Gasteiger partial charge in [0.15, 0.2) is 5.82 Å². The number of hydrogen-bond acceptors (Lipinski definition) is 6. The van der Waals surface area contributed by atoms with Gasteiger partial charge in [-0.3, -0.25) is 9.36 Å². The van der Waals surface area contributed by atoms with Crippen LogP contribution in [0.25, 0.3) is 17.2 Å². The highest BCUT2D eigenvalue weighted by atomic mass is 35.5. The Balaban J connectivity index is 1.40. The number of hydrogen-bond donors (Lipinski definition) is 1. The summed E-state index contributed by atoms with van der Waals surface area (Å²) < 4.78 is 15.2. The Labute approximate surface area is 187 Å². The maximum atomic E-state index is 13.3. The minimum absolute atomic E-state index is 0.0544. The largest absolute Gasteiger partial charge is 0.348 e. The molecule has 4 aromatic rings. The highest BCUT2D eigenvalue weighted by Gasteiger charge is 2.36. The number of benzene rings is 1. The number of nitrogens with one attached hydrogen (secondary N) is 1. The van der Waals surface area contributed by atoms with E-state index in [4.69, 9.17) is 11.6 Å². The van der Waals surface area contributed by atoms with E-state index in [1.165, 1.54) is 24.5 Å². The Hall–Kier alpha value is -3.72. The molecule has 0 unspecified atom stereocenters. The third-order valence-electron chi connectivity index (χ3n) is 5.38. The van der Waals surface area contributed by atoms with Gasteiger partial charge in [-0.25, -0.2) is 15.0 Å². The summed E-state index contributed by atoms with van der Waals surface area (Å²) in [5, 5.41) is 12.3. The van der Waals surface area contributed by atoms with Crippen molar-refractivity contribution in [1.82, 2.24) is 35.0 Å². The smallest absolute Gasteiger partial charge is 0.270 e. The summed E-state index contributed by atoms with van der Waals surface area (Å²) in [4.78, 5) is 24.3. The molecule has 0 atom stereocenters. The first-order chi connectivity index (χ1) is 15.6. The summed E-state index contributed by atoms with van der Waals surface area (Å²) in [5.41, 5.74) is 1.43. The van der Waals surface area contributed by atoms with Crippen molar-refractivity contribution < 1.29 is 9.18 Å². The van der Waals surface area contributed by atoms with Crippen molar-refractivity contribution in [3.8, 4) is 17.2 Å². The minimum Gasteiger partial charge on any atom is -0.348 e. The molecule has 1 aliphatic rings. The molecule has 1 aromatic carbocycles. The second-order valence-corrected chi connectivity index (χ2v) is 7.85. The molecule has 8 nitrogen and oxygen atoms in total. The number of pyridine rings is 1. The quantitative estimate of drug-likeness (QED) is 0.467. The van der Waals surface area contributed by atoms with Crippen molar-refractivity contribution in [2.24, 2.45) is 0 Å². The highest BCUT2D eigenvalue weighted by Crippen LogP contribution is 2.39. The Kier molecular flexibility index (Phi) is 5.32. The van der Waals surface area contributed by atoms with E-state index in [0.717, 1.165) is 11.5 Å². The average molecular weight is 450 g/mol. The van der Waals surface area contributed by atoms with E-state index in [1.54, 1.807) is 18.3 Å². The van der Waals surface area contributed by atoms with Crippen molar-refractivity contribution in [3.05, 3.63) is 83.5 Å². The number of amides is 1. The Morgan fingerprint density at radius 3 is 2.69 bits per heavy atom. The fourth-order valence-electron chi connectivity index (χ4n) is 3.76. The van der Waals surface area contributed by atoms with Gasteiger partial charge < -0.3 is 5.32 Å². The van der Waals surface area contributed by atoms with Crippen molar-refractivity contribution in [1.29, 1.82) is 0 Å². The summed E-state index contributed by atoms with van der Waals surface area (Å²) in [6.45, 7) is 0. The van der Waals surface area contributed by atoms with Crippen LogP contribution < -0.4 is 5.32 Å². The van der Waals surface area contributed by atoms with E-state index in [0.29, 0.717) is 29.4 Å². The van der Waals surface area contributed by atoms with Crippen molar-refractivity contribution in [2.75, 3.05) is 0 Å². The third-order valence-corrected chi connectivity index (χ3v) is 5.70. The highest BCUT2D eigenvalue weighted by molar-refractivity contribution is 6.32. The summed E-state index contributed by atoms with van der Waals surface area (Å²) in [7, 11) is 0. The van der Waals surface area contributed by atoms with E-state index in [1.807, 2.05) is 22.8 Å². The SMILES string of the molecule is O=C(NC1CC(c2nnc(-c3ccncn3)n2-c2ccccc2Cl)C1)c1cccc(F)n1. The van der Waals surface area contributed by atoms with Crippen LogP contribution in [0, 0.1) is 5.95 Å². The predicted molar refractivity (Wildman–Crippen MR) is 115 cm³/mol. The first-order valence-corrected chi connectivity index (χ1v) is 10.4. The predicted octanol–water partition coefficient (Wildman–Crippen LogP) is 3.59. The van der Waals surface area contributed by atoms with Crippen LogP contribution in [0.1, 0.15) is 35.1 Å². The summed E-state index contributed by atoms with van der Waals surface area (Å²) >= 11 is 6.49. The number of carbonyl (C=O) groups is 1. The van der Waals surface area contributed by atoms with E-state index < -0.39 is 11.9 Å². The fourth-order valence-corrected chi connectivity index (χ4v) is 3.98. The van der Waals surface area contributed by atoms with Crippen molar-refractivity contribution in [3.63, 3.8) is 0 Å². The maximum absolute atomic E-state index is 13.3. The zero-order valence-corrected chi connectivity index (χ0v) is 17.4. The molecule has 0 radical (unpaired) electrons. The van der Waals surface area contributed by atoms with E-state index in [2.05, 4.69) is 30.5 Å². The topological polar surface area (TPSA) is 98.5 Å². The molecule has 5 rings (SSSR count). The summed E-state index contributed by atoms with van der Waals surface area (Å²) in [5.74, 6) is 0.268. The molecule has 32 heavy (non-hydrogen) atoms. The molecule has 1 aliphatic carbocycles. The summed E-state index contributed by atoms with van der Waals surface area (Å²) in [6, 6.07) is 13.3. The second kappa shape index (κ2) is 8.43. The molecular formula is C22H17ClFN7O. The fraction of sp³-hybridized carbons (Fsp3) is 0.182. The van der Waals surface area contributed by atoms with Gasteiger partial charge in [0.25, 0.3) is 5.91 Å². The Morgan fingerprint density at radius 1 is 1.09 bits per heavy atom. The van der Waals surface area contributed by atoms with Crippen LogP contribution in [0.2, 0.25) is 5.02 Å². The zero-order valence-electron chi connectivity index (χ0n) is 16.7. The molecule has 0 aliphatic heterocycles. The van der Waals surface area contributed by atoms with Crippen LogP contribution in [0.15, 0.2) is 61.1 Å². The van der Waals surface area contributed by atoms with E-state index in [9.17, 15) is 9.18 Å². The zero-order chi connectivity index (χ0) is 22.1. The van der Waals surface area contributed by atoms with Crippen LogP contribution in [-0.4, -0.2) is 41.7 Å². The first-order valence-electron chi connectivity index (χ1n) is 10.00. The monoisotopic (exact) mass is 449 g/mol. The minimum atomic E-state index is -0.686. The number of rotatable bonds is 5. The van der Waals surface area contributed by atoms with Gasteiger partial charge in [-0.2, -0.15) is 4.39 Å². The summed E-state index contributed by atoms with van der Waals surface area (Å²) in [6.07, 6.45) is 4.42. The molecule has 0 spiro atoms. The lowest BCUT2D eigenvalue weighted by atomic mass is 9.79. The lowest BCUT2D eigenvalue weighted by molar-refractivity contribution is 0.0901. The van der Waals surface area contributed by atoms with Gasteiger partial charge in [0.2, 0.25) is 5.95 Å². The van der Waals surface area contributed by atoms with Crippen LogP contribution in [0.5, 0.6) is 0 Å². The lowest BCUT2D eigenvalue weighted by Gasteiger charge is -2.35. The number of carbonyl (C=O) groups excluding carboxylic acids is 1. The van der Waals surface area contributed by atoms with Crippen LogP contribution in [-0.2, 0) is 0 Å². The van der Waals surface area contributed by atoms with Gasteiger partial charge in [0, 0.05) is 18.2 Å². The lowest BCUT2D eigenvalue weighted by Crippen LogP contribution is -2.44. The number of nitrogens with zero attached hydrogens (tertiary/aromatic N) is 6. The molecule has 10 heteroatoms. The van der Waals surface area contributed by atoms with Crippen molar-refractivity contribution in [2.45, 2.75) is 24.8 Å². The number of para-hydroxylation sites is 1. The molecule has 3 heterocycles. The van der Waals surface area contributed by atoms with Gasteiger partial charge in [0.05, 0.1) is 10.7 Å². The Morgan fingerprint density at radius 2 is 1.94 bits per heavy atom. The maximum Gasteiger partial charge on any atom is 0.270 e. The number of aromatic nitrogens is 6. The molecule has 0 bridgehead atoms. The van der Waals surface area contributed by atoms with Crippen LogP contribution in [0.3, 0.4) is 0 Å². The molecular weight excluding hydrogens is 433 g/mol. The third kappa shape index (κ3) is 3.82. The van der Waals surface area contributed by atoms with Crippen molar-refractivity contribution >= 4 is 17.5 Å². The molecule has 1 fully saturated rings. The van der Waals surface area contributed by atoms with Gasteiger partial charge >= 0.3 is 0 Å². The molecule has 0 saturated heterocycles. The Bertz CT molecular complexity index is 1270. The normalized spacial score (nSPS) is 17.6. The van der Waals surface area contributed by atoms with Gasteiger partial charge in [-0.15, -0.1) is 10.2 Å². The standard InChI is InChI=1S/C22H17ClFN7O/c23-15-4-1-2-6-18(15)31-20(29-30-21(31)16-8-9-25-12-26-16)13-10-14(11-13)27-22(32)17-5-3-7-19(24)28-17/h1-9,12-14H,10-11H2,(H,27,32). The number of halogens is 2.